The second kappa shape index (κ2) is 9.47. The summed E-state index contributed by atoms with van der Waals surface area (Å²) in [5.41, 5.74) is 1.33. The lowest BCUT2D eigenvalue weighted by atomic mass is 9.17. The van der Waals surface area contributed by atoms with Crippen LogP contribution in [0.5, 0.6) is 5.75 Å². The molecule has 3 aromatic rings. The fraction of sp³-hybridized carbons (Fsp3) is 0.250. The molecule has 40 heavy (non-hydrogen) atoms. The Morgan fingerprint density at radius 2 is 1.43 bits per heavy atom. The summed E-state index contributed by atoms with van der Waals surface area (Å²) in [5.74, 6) is -0.0500. The predicted octanol–water partition coefficient (Wildman–Crippen LogP) is -5.50. The average molecular weight is 540 g/mol. The molecule has 2 aromatic carbocycles. The van der Waals surface area contributed by atoms with Gasteiger partial charge in [0.15, 0.2) is 27.1 Å². The van der Waals surface area contributed by atoms with Crippen molar-refractivity contribution in [2.75, 3.05) is 5.01 Å². The summed E-state index contributed by atoms with van der Waals surface area (Å²) in [7, 11) is 19.3. The highest BCUT2D eigenvalue weighted by Gasteiger charge is 2.60. The maximum atomic E-state index is 14.7. The van der Waals surface area contributed by atoms with Gasteiger partial charge in [0, 0.05) is 22.9 Å². The number of amides is 1. The summed E-state index contributed by atoms with van der Waals surface area (Å²) >= 11 is 1.81. The van der Waals surface area contributed by atoms with Crippen LogP contribution in [-0.2, 0) is 5.75 Å². The zero-order valence-corrected chi connectivity index (χ0v) is 25.9. The Balaban J connectivity index is 1.92. The van der Waals surface area contributed by atoms with Gasteiger partial charge in [0.25, 0.3) is 5.91 Å². The van der Waals surface area contributed by atoms with Crippen LogP contribution in [-0.4, -0.2) is 102 Å². The van der Waals surface area contributed by atoms with Crippen molar-refractivity contribution in [1.29, 1.82) is 0 Å². The molecular weight excluding hydrogens is 508 g/mol. The second-order valence-corrected chi connectivity index (χ2v) is 14.7. The van der Waals surface area contributed by atoms with E-state index in [1.54, 1.807) is 22.6 Å². The van der Waals surface area contributed by atoms with Crippen molar-refractivity contribution in [2.24, 2.45) is 0 Å². The molecule has 1 amide bonds. The Bertz CT molecular complexity index is 1510. The Morgan fingerprint density at radius 1 is 0.850 bits per heavy atom. The van der Waals surface area contributed by atoms with Gasteiger partial charge in [-0.15, -0.1) is 11.8 Å². The summed E-state index contributed by atoms with van der Waals surface area (Å²) in [5, 5.41) is 12.7. The number of hydrogen-bond acceptors (Lipinski definition) is 5. The van der Waals surface area contributed by atoms with E-state index in [0.29, 0.717) is 0 Å². The number of rotatable bonds is 4. The highest BCUT2D eigenvalue weighted by molar-refractivity contribution is 7.98. The summed E-state index contributed by atoms with van der Waals surface area (Å²) in [4.78, 5) is 30.6. The van der Waals surface area contributed by atoms with Crippen molar-refractivity contribution in [2.45, 2.75) is 37.8 Å². The highest BCUT2D eigenvalue weighted by Crippen LogP contribution is 2.52. The standard InChI is InChI=1S/C24H32B9N3O3S/c25-21(22(26,27)28,23(29,30)31)35-20(39)18-19(38)15(37)9-10-34(18)36(24(35,32)33)17-13-6-2-1-5-12(13)11-40-16-8-4-3-7-14(16)17/h1-10,17,38H,11,25-33H2. The van der Waals surface area contributed by atoms with Crippen LogP contribution in [0.1, 0.15) is 33.2 Å². The lowest BCUT2D eigenvalue weighted by Gasteiger charge is -2.68. The number of fused-ring (bicyclic) bond motifs is 3. The minimum absolute atomic E-state index is 0.00147. The number of aromatic hydroxyl groups is 1. The zero-order chi connectivity index (χ0) is 29.4. The Morgan fingerprint density at radius 3 is 2.05 bits per heavy atom. The van der Waals surface area contributed by atoms with Crippen molar-refractivity contribution in [3.63, 3.8) is 0 Å². The van der Waals surface area contributed by atoms with Crippen LogP contribution >= 0.6 is 11.8 Å². The first-order chi connectivity index (χ1) is 18.5. The van der Waals surface area contributed by atoms with Gasteiger partial charge in [-0.25, -0.2) is 0 Å². The van der Waals surface area contributed by atoms with Gasteiger partial charge >= 0.3 is 0 Å². The second-order valence-electron chi connectivity index (χ2n) is 13.7. The monoisotopic (exact) mass is 541 g/mol. The zero-order valence-electron chi connectivity index (χ0n) is 25.1. The molecule has 5 rings (SSSR count). The topological polar surface area (TPSA) is 65.8 Å². The maximum Gasteiger partial charge on any atom is 0.276 e. The average Bonchev–Trinajstić information content (AvgIpc) is 3.01. The fourth-order valence-corrected chi connectivity index (χ4v) is 8.05. The molecule has 194 valence electrons. The third kappa shape index (κ3) is 4.07. The molecule has 0 spiro atoms. The van der Waals surface area contributed by atoms with Gasteiger partial charge in [-0.05, 0) is 28.2 Å². The molecule has 16 heteroatoms. The first-order valence-corrected chi connectivity index (χ1v) is 14.9. The van der Waals surface area contributed by atoms with Crippen LogP contribution in [0.3, 0.4) is 0 Å². The van der Waals surface area contributed by atoms with E-state index in [1.165, 1.54) is 16.5 Å². The van der Waals surface area contributed by atoms with Crippen LogP contribution in [0.4, 0.5) is 0 Å². The van der Waals surface area contributed by atoms with Gasteiger partial charge in [0.2, 0.25) is 5.43 Å². The molecule has 0 saturated carbocycles. The van der Waals surface area contributed by atoms with E-state index in [9.17, 15) is 14.7 Å². The van der Waals surface area contributed by atoms with E-state index in [4.69, 9.17) is 0 Å². The summed E-state index contributed by atoms with van der Waals surface area (Å²) in [6, 6.07) is 17.9. The normalized spacial score (nSPS) is 18.8. The Kier molecular flexibility index (Phi) is 6.84. The highest BCUT2D eigenvalue weighted by atomic mass is 32.2. The van der Waals surface area contributed by atoms with E-state index in [1.807, 2.05) is 4.90 Å². The molecule has 6 nitrogen and oxygen atoms in total. The molecular formula is C24H32B9N3O3S. The van der Waals surface area contributed by atoms with Crippen molar-refractivity contribution < 1.29 is 9.90 Å². The van der Waals surface area contributed by atoms with Crippen LogP contribution in [0.15, 0.2) is 70.5 Å². The molecule has 0 aliphatic carbocycles. The summed E-state index contributed by atoms with van der Waals surface area (Å²) in [6.45, 7) is 0. The number of nitrogens with zero attached hydrogens (tertiary/aromatic N) is 3. The number of pyridine rings is 1. The summed E-state index contributed by atoms with van der Waals surface area (Å²) in [6.07, 6.45) is 1.64. The van der Waals surface area contributed by atoms with E-state index in [-0.39, 0.29) is 27.9 Å². The van der Waals surface area contributed by atoms with Crippen LogP contribution in [0.2, 0.25) is 10.2 Å². The van der Waals surface area contributed by atoms with E-state index in [0.717, 1.165) is 16.9 Å². The van der Waals surface area contributed by atoms with Crippen LogP contribution in [0, 0.1) is 0 Å². The van der Waals surface area contributed by atoms with Gasteiger partial charge in [0.05, 0.1) is 58.6 Å². The Labute approximate surface area is 249 Å². The third-order valence-corrected chi connectivity index (χ3v) is 10.5. The van der Waals surface area contributed by atoms with E-state index < -0.39 is 22.1 Å². The minimum Gasteiger partial charge on any atom is -0.502 e. The first-order valence-electron chi connectivity index (χ1n) is 13.9. The number of aromatic nitrogens is 1. The number of hydrogen-bond donors (Lipinski definition) is 1. The first kappa shape index (κ1) is 28.9. The molecule has 1 aromatic heterocycles. The van der Waals surface area contributed by atoms with Gasteiger partial charge in [-0.3, -0.25) is 19.3 Å². The lowest BCUT2D eigenvalue weighted by molar-refractivity contribution is 0.0396. The maximum absolute atomic E-state index is 14.7. The molecule has 1 atom stereocenters. The number of carbonyl (C=O) groups excluding carboxylic acids is 1. The van der Waals surface area contributed by atoms with Crippen molar-refractivity contribution >= 4 is 88.3 Å². The molecule has 0 saturated heterocycles. The number of carbonyl (C=O) groups is 1. The van der Waals surface area contributed by atoms with E-state index in [2.05, 4.69) is 124 Å². The molecule has 2 aliphatic heterocycles. The SMILES string of the molecule is BC1(B)N(C2c3ccccc3CSc3ccccc32)n2ccc(=O)c(O)c2C(=O)N1C(B)(C(B)(B)B)C(B)(B)B. The van der Waals surface area contributed by atoms with Crippen molar-refractivity contribution in [3.8, 4) is 5.75 Å². The van der Waals surface area contributed by atoms with Gasteiger partial charge in [0.1, 0.15) is 7.85 Å². The lowest BCUT2D eigenvalue weighted by Crippen LogP contribution is -2.81. The van der Waals surface area contributed by atoms with Gasteiger partial charge in [-0.1, -0.05) is 52.7 Å². The largest absolute Gasteiger partial charge is 0.502 e. The van der Waals surface area contributed by atoms with E-state index >= 15 is 0 Å². The van der Waals surface area contributed by atoms with Gasteiger partial charge < -0.3 is 10.0 Å². The number of thioether (sulfide) groups is 1. The number of benzene rings is 2. The molecule has 0 radical (unpaired) electrons. The predicted molar refractivity (Wildman–Crippen MR) is 189 cm³/mol. The smallest absolute Gasteiger partial charge is 0.276 e. The van der Waals surface area contributed by atoms with Crippen molar-refractivity contribution in [1.82, 2.24) is 9.58 Å². The van der Waals surface area contributed by atoms with Crippen LogP contribution < -0.4 is 10.4 Å². The fourth-order valence-electron chi connectivity index (χ4n) is 6.96. The van der Waals surface area contributed by atoms with Crippen LogP contribution in [0.25, 0.3) is 0 Å². The summed E-state index contributed by atoms with van der Waals surface area (Å²) < 4.78 is 1.73. The van der Waals surface area contributed by atoms with Crippen molar-refractivity contribution in [3.05, 3.63) is 93.4 Å². The quantitative estimate of drug-likeness (QED) is 0.335. The molecule has 0 fully saturated rings. The molecule has 0 bridgehead atoms. The molecule has 2 aliphatic rings. The molecule has 1 unspecified atom stereocenters. The van der Waals surface area contributed by atoms with Gasteiger partial charge in [-0.2, -0.15) is 0 Å². The minimum atomic E-state index is -0.888. The molecule has 3 heterocycles. The third-order valence-electron chi connectivity index (χ3n) is 9.36. The Hall–Kier alpha value is -2.61. The molecule has 1 N–H and O–H groups in total.